The molecule has 16 heavy (non-hydrogen) atoms. The summed E-state index contributed by atoms with van der Waals surface area (Å²) in [5.41, 5.74) is 0.858. The number of thiophene rings is 1. The molecular formula is C11H9ClN2OS. The van der Waals surface area contributed by atoms with Crippen molar-refractivity contribution in [3.63, 3.8) is 0 Å². The first-order valence-corrected chi connectivity index (χ1v) is 5.94. The van der Waals surface area contributed by atoms with E-state index in [2.05, 4.69) is 9.97 Å². The number of hydrogen-bond donors (Lipinski definition) is 0. The van der Waals surface area contributed by atoms with Gasteiger partial charge in [-0.3, -0.25) is 0 Å². The van der Waals surface area contributed by atoms with E-state index in [4.69, 9.17) is 11.6 Å². The van der Waals surface area contributed by atoms with Crippen LogP contribution in [0.5, 0.6) is 0 Å². The lowest BCUT2D eigenvalue weighted by Gasteiger charge is -2.06. The van der Waals surface area contributed by atoms with E-state index in [0.717, 1.165) is 16.9 Å². The fourth-order valence-corrected chi connectivity index (χ4v) is 2.53. The van der Waals surface area contributed by atoms with E-state index < -0.39 is 0 Å². The Morgan fingerprint density at radius 3 is 2.88 bits per heavy atom. The fraction of sp³-hybridized carbons (Fsp3) is 0.182. The number of rotatable bonds is 4. The highest BCUT2D eigenvalue weighted by atomic mass is 35.5. The zero-order valence-corrected chi connectivity index (χ0v) is 9.91. The Labute approximate surface area is 102 Å². The van der Waals surface area contributed by atoms with Crippen LogP contribution in [0, 0.1) is 0 Å². The van der Waals surface area contributed by atoms with Crippen LogP contribution in [0.3, 0.4) is 0 Å². The molecule has 2 heterocycles. The number of aldehydes is 1. The van der Waals surface area contributed by atoms with Gasteiger partial charge >= 0.3 is 0 Å². The van der Waals surface area contributed by atoms with Crippen molar-refractivity contribution in [3.8, 4) is 0 Å². The molecule has 0 N–H and O–H groups in total. The number of hydrogen-bond acceptors (Lipinski definition) is 4. The number of carbonyl (C=O) groups excluding carboxylic acids is 1. The maximum atomic E-state index is 11.0. The van der Waals surface area contributed by atoms with Gasteiger partial charge in [-0.2, -0.15) is 0 Å². The lowest BCUT2D eigenvalue weighted by Crippen LogP contribution is -2.04. The highest BCUT2D eigenvalue weighted by molar-refractivity contribution is 7.16. The van der Waals surface area contributed by atoms with Crippen LogP contribution >= 0.6 is 22.9 Å². The topological polar surface area (TPSA) is 42.9 Å². The Kier molecular flexibility index (Phi) is 3.64. The number of halogens is 1. The van der Waals surface area contributed by atoms with E-state index in [0.29, 0.717) is 10.8 Å². The number of nitrogens with zero attached hydrogens (tertiary/aromatic N) is 2. The van der Waals surface area contributed by atoms with Gasteiger partial charge in [0.25, 0.3) is 0 Å². The minimum absolute atomic E-state index is 0.174. The standard InChI is InChI=1S/C11H9ClN2OS/c12-11-2-1-10(16-11)8(6-15)5-9-3-4-13-7-14-9/h1-4,6-8H,5H2. The Morgan fingerprint density at radius 2 is 2.31 bits per heavy atom. The van der Waals surface area contributed by atoms with E-state index in [-0.39, 0.29) is 5.92 Å². The SMILES string of the molecule is O=CC(Cc1ccncn1)c1ccc(Cl)s1. The van der Waals surface area contributed by atoms with Gasteiger partial charge in [-0.05, 0) is 18.2 Å². The van der Waals surface area contributed by atoms with E-state index in [1.54, 1.807) is 12.3 Å². The van der Waals surface area contributed by atoms with Crippen molar-refractivity contribution in [1.29, 1.82) is 0 Å². The molecule has 1 unspecified atom stereocenters. The highest BCUT2D eigenvalue weighted by Crippen LogP contribution is 2.28. The molecule has 0 aliphatic rings. The molecule has 0 aromatic carbocycles. The van der Waals surface area contributed by atoms with Crippen LogP contribution in [0.25, 0.3) is 0 Å². The van der Waals surface area contributed by atoms with Crippen molar-refractivity contribution in [2.45, 2.75) is 12.3 Å². The first kappa shape index (κ1) is 11.2. The predicted molar refractivity (Wildman–Crippen MR) is 63.9 cm³/mol. The van der Waals surface area contributed by atoms with Crippen LogP contribution in [-0.4, -0.2) is 16.3 Å². The Bertz CT molecular complexity index is 472. The number of carbonyl (C=O) groups is 1. The molecule has 0 spiro atoms. The molecule has 2 aromatic rings. The largest absolute Gasteiger partial charge is 0.303 e. The summed E-state index contributed by atoms with van der Waals surface area (Å²) >= 11 is 7.27. The van der Waals surface area contributed by atoms with Crippen LogP contribution in [0.2, 0.25) is 4.34 Å². The van der Waals surface area contributed by atoms with Crippen molar-refractivity contribution in [3.05, 3.63) is 45.6 Å². The highest BCUT2D eigenvalue weighted by Gasteiger charge is 2.14. The Hall–Kier alpha value is -1.26. The van der Waals surface area contributed by atoms with Gasteiger partial charge in [0.1, 0.15) is 12.6 Å². The zero-order valence-electron chi connectivity index (χ0n) is 8.34. The molecule has 0 aliphatic heterocycles. The average molecular weight is 253 g/mol. The zero-order chi connectivity index (χ0) is 11.4. The Balaban J connectivity index is 2.15. The second kappa shape index (κ2) is 5.18. The smallest absolute Gasteiger partial charge is 0.128 e. The summed E-state index contributed by atoms with van der Waals surface area (Å²) in [4.78, 5) is 19.9. The summed E-state index contributed by atoms with van der Waals surface area (Å²) in [6.07, 6.45) is 4.68. The summed E-state index contributed by atoms with van der Waals surface area (Å²) in [6, 6.07) is 5.50. The van der Waals surface area contributed by atoms with Crippen LogP contribution < -0.4 is 0 Å². The molecule has 0 amide bonds. The minimum Gasteiger partial charge on any atom is -0.303 e. The van der Waals surface area contributed by atoms with Crippen molar-refractivity contribution < 1.29 is 4.79 Å². The normalized spacial score (nSPS) is 12.3. The summed E-state index contributed by atoms with van der Waals surface area (Å²) in [5.74, 6) is -0.174. The summed E-state index contributed by atoms with van der Waals surface area (Å²) in [7, 11) is 0. The summed E-state index contributed by atoms with van der Waals surface area (Å²) < 4.78 is 0.699. The molecule has 0 bridgehead atoms. The van der Waals surface area contributed by atoms with Gasteiger partial charge in [-0.15, -0.1) is 11.3 Å². The molecule has 0 aliphatic carbocycles. The molecule has 2 aromatic heterocycles. The lowest BCUT2D eigenvalue weighted by molar-refractivity contribution is -0.109. The molecule has 0 saturated heterocycles. The Morgan fingerprint density at radius 1 is 1.44 bits per heavy atom. The molecule has 0 fully saturated rings. The van der Waals surface area contributed by atoms with Crippen molar-refractivity contribution in [2.24, 2.45) is 0 Å². The summed E-state index contributed by atoms with van der Waals surface area (Å²) in [5, 5.41) is 0. The van der Waals surface area contributed by atoms with Crippen molar-refractivity contribution >= 4 is 29.2 Å². The maximum absolute atomic E-state index is 11.0. The third kappa shape index (κ3) is 2.65. The minimum atomic E-state index is -0.174. The molecule has 2 rings (SSSR count). The third-order valence-electron chi connectivity index (χ3n) is 2.20. The molecule has 5 heteroatoms. The third-order valence-corrected chi connectivity index (χ3v) is 3.56. The van der Waals surface area contributed by atoms with Gasteiger partial charge in [-0.25, -0.2) is 9.97 Å². The van der Waals surface area contributed by atoms with Crippen molar-refractivity contribution in [2.75, 3.05) is 0 Å². The van der Waals surface area contributed by atoms with E-state index >= 15 is 0 Å². The predicted octanol–water partition coefficient (Wildman–Crippen LogP) is 2.72. The molecular weight excluding hydrogens is 244 g/mol. The van der Waals surface area contributed by atoms with Gasteiger partial charge in [-0.1, -0.05) is 11.6 Å². The van der Waals surface area contributed by atoms with Crippen LogP contribution in [0.4, 0.5) is 0 Å². The van der Waals surface area contributed by atoms with Crippen LogP contribution in [0.1, 0.15) is 16.5 Å². The summed E-state index contributed by atoms with van der Waals surface area (Å²) in [6.45, 7) is 0. The average Bonchev–Trinajstić information content (AvgIpc) is 2.74. The van der Waals surface area contributed by atoms with Crippen LogP contribution in [-0.2, 0) is 11.2 Å². The molecule has 82 valence electrons. The van der Waals surface area contributed by atoms with E-state index in [9.17, 15) is 4.79 Å². The fourth-order valence-electron chi connectivity index (χ4n) is 1.41. The van der Waals surface area contributed by atoms with Gasteiger partial charge < -0.3 is 4.79 Å². The maximum Gasteiger partial charge on any atom is 0.128 e. The first-order chi connectivity index (χ1) is 7.79. The van der Waals surface area contributed by atoms with Gasteiger partial charge in [0.15, 0.2) is 0 Å². The second-order valence-electron chi connectivity index (χ2n) is 3.29. The van der Waals surface area contributed by atoms with Gasteiger partial charge in [0.05, 0.1) is 10.3 Å². The van der Waals surface area contributed by atoms with Gasteiger partial charge in [0.2, 0.25) is 0 Å². The lowest BCUT2D eigenvalue weighted by atomic mass is 10.0. The first-order valence-electron chi connectivity index (χ1n) is 4.75. The van der Waals surface area contributed by atoms with E-state index in [1.165, 1.54) is 17.7 Å². The molecule has 3 nitrogen and oxygen atoms in total. The quantitative estimate of drug-likeness (QED) is 0.786. The molecule has 0 radical (unpaired) electrons. The van der Waals surface area contributed by atoms with Crippen molar-refractivity contribution in [1.82, 2.24) is 9.97 Å². The monoisotopic (exact) mass is 252 g/mol. The van der Waals surface area contributed by atoms with Gasteiger partial charge in [0, 0.05) is 23.2 Å². The van der Waals surface area contributed by atoms with E-state index in [1.807, 2.05) is 12.1 Å². The second-order valence-corrected chi connectivity index (χ2v) is 5.04. The number of aromatic nitrogens is 2. The van der Waals surface area contributed by atoms with Crippen LogP contribution in [0.15, 0.2) is 30.7 Å². The molecule has 0 saturated carbocycles. The molecule has 1 atom stereocenters.